The van der Waals surface area contributed by atoms with Crippen LogP contribution in [0.2, 0.25) is 0 Å². The van der Waals surface area contributed by atoms with Gasteiger partial charge in [-0.15, -0.1) is 0 Å². The van der Waals surface area contributed by atoms with E-state index in [1.165, 1.54) is 0 Å². The zero-order valence-corrected chi connectivity index (χ0v) is 10.1. The fourth-order valence-electron chi connectivity index (χ4n) is 1.25. The van der Waals surface area contributed by atoms with Crippen LogP contribution in [0.1, 0.15) is 26.5 Å². The van der Waals surface area contributed by atoms with Crippen LogP contribution in [-0.4, -0.2) is 18.5 Å². The highest BCUT2D eigenvalue weighted by Crippen LogP contribution is 1.98. The van der Waals surface area contributed by atoms with Crippen LogP contribution in [0.25, 0.3) is 0 Å². The molecule has 2 N–H and O–H groups in total. The van der Waals surface area contributed by atoms with Gasteiger partial charge in [0.15, 0.2) is 0 Å². The molecule has 1 amide bonds. The number of carbonyl (C=O) groups is 1. The lowest BCUT2D eigenvalue weighted by Crippen LogP contribution is -2.43. The summed E-state index contributed by atoms with van der Waals surface area (Å²) in [6.07, 6.45) is 1.60. The standard InChI is InChI=1S/C12H20N2O2/c1-9(2)7-13-10(3)12(15)14-8-11-5-4-6-16-11/h4-6,9-10,13H,7-8H2,1-3H3,(H,14,15). The maximum absolute atomic E-state index is 11.6. The van der Waals surface area contributed by atoms with E-state index in [1.807, 2.05) is 19.1 Å². The number of hydrogen-bond acceptors (Lipinski definition) is 3. The van der Waals surface area contributed by atoms with Gasteiger partial charge in [0.2, 0.25) is 5.91 Å². The molecule has 1 atom stereocenters. The first-order chi connectivity index (χ1) is 7.59. The molecule has 0 aliphatic heterocycles. The van der Waals surface area contributed by atoms with Crippen molar-refractivity contribution in [3.8, 4) is 0 Å². The van der Waals surface area contributed by atoms with Crippen LogP contribution in [0, 0.1) is 5.92 Å². The van der Waals surface area contributed by atoms with E-state index < -0.39 is 0 Å². The Morgan fingerprint density at radius 1 is 1.44 bits per heavy atom. The van der Waals surface area contributed by atoms with E-state index in [1.54, 1.807) is 6.26 Å². The number of carbonyl (C=O) groups excluding carboxylic acids is 1. The number of amides is 1. The SMILES string of the molecule is CC(C)CNC(C)C(=O)NCc1ccco1. The topological polar surface area (TPSA) is 54.3 Å². The minimum atomic E-state index is -0.169. The number of rotatable bonds is 6. The lowest BCUT2D eigenvalue weighted by molar-refractivity contribution is -0.123. The third-order valence-corrected chi connectivity index (χ3v) is 2.24. The molecule has 0 fully saturated rings. The van der Waals surface area contributed by atoms with Gasteiger partial charge in [0, 0.05) is 0 Å². The van der Waals surface area contributed by atoms with Gasteiger partial charge in [-0.25, -0.2) is 0 Å². The molecule has 4 nitrogen and oxygen atoms in total. The van der Waals surface area contributed by atoms with Crippen LogP contribution in [-0.2, 0) is 11.3 Å². The molecule has 0 spiro atoms. The summed E-state index contributed by atoms with van der Waals surface area (Å²) in [5.41, 5.74) is 0. The first-order valence-corrected chi connectivity index (χ1v) is 5.63. The molecular weight excluding hydrogens is 204 g/mol. The fourth-order valence-corrected chi connectivity index (χ4v) is 1.25. The second kappa shape index (κ2) is 6.33. The number of furan rings is 1. The molecular formula is C12H20N2O2. The van der Waals surface area contributed by atoms with Crippen molar-refractivity contribution < 1.29 is 9.21 Å². The van der Waals surface area contributed by atoms with E-state index in [2.05, 4.69) is 24.5 Å². The summed E-state index contributed by atoms with van der Waals surface area (Å²) in [6, 6.07) is 3.48. The smallest absolute Gasteiger partial charge is 0.237 e. The predicted octanol–water partition coefficient (Wildman–Crippen LogP) is 1.53. The summed E-state index contributed by atoms with van der Waals surface area (Å²) < 4.78 is 5.13. The lowest BCUT2D eigenvalue weighted by Gasteiger charge is -2.14. The quantitative estimate of drug-likeness (QED) is 0.770. The summed E-state index contributed by atoms with van der Waals surface area (Å²) in [6.45, 7) is 7.37. The molecule has 4 heteroatoms. The summed E-state index contributed by atoms with van der Waals surface area (Å²) >= 11 is 0. The largest absolute Gasteiger partial charge is 0.467 e. The van der Waals surface area contributed by atoms with Gasteiger partial charge in [-0.2, -0.15) is 0 Å². The Bertz CT molecular complexity index is 307. The van der Waals surface area contributed by atoms with Crippen molar-refractivity contribution in [1.29, 1.82) is 0 Å². The zero-order valence-electron chi connectivity index (χ0n) is 10.1. The van der Waals surface area contributed by atoms with E-state index in [9.17, 15) is 4.79 Å². The Kier molecular flexibility index (Phi) is 5.05. The second-order valence-corrected chi connectivity index (χ2v) is 4.32. The Hall–Kier alpha value is -1.29. The third-order valence-electron chi connectivity index (χ3n) is 2.24. The van der Waals surface area contributed by atoms with Gasteiger partial charge in [0.05, 0.1) is 18.8 Å². The van der Waals surface area contributed by atoms with Gasteiger partial charge in [-0.05, 0) is 31.5 Å². The molecule has 16 heavy (non-hydrogen) atoms. The molecule has 0 aliphatic carbocycles. The monoisotopic (exact) mass is 224 g/mol. The Balaban J connectivity index is 2.23. The van der Waals surface area contributed by atoms with Crippen molar-refractivity contribution in [2.45, 2.75) is 33.4 Å². The predicted molar refractivity (Wildman–Crippen MR) is 62.9 cm³/mol. The fraction of sp³-hybridized carbons (Fsp3) is 0.583. The lowest BCUT2D eigenvalue weighted by atomic mass is 10.2. The van der Waals surface area contributed by atoms with Gasteiger partial charge in [0.25, 0.3) is 0 Å². The summed E-state index contributed by atoms with van der Waals surface area (Å²) in [5, 5.41) is 5.98. The Morgan fingerprint density at radius 2 is 2.19 bits per heavy atom. The van der Waals surface area contributed by atoms with Gasteiger partial charge < -0.3 is 15.1 Å². The van der Waals surface area contributed by atoms with Gasteiger partial charge in [-0.1, -0.05) is 13.8 Å². The van der Waals surface area contributed by atoms with Crippen molar-refractivity contribution in [3.63, 3.8) is 0 Å². The molecule has 1 rings (SSSR count). The van der Waals surface area contributed by atoms with Crippen LogP contribution in [0.3, 0.4) is 0 Å². The highest BCUT2D eigenvalue weighted by Gasteiger charge is 2.12. The average Bonchev–Trinajstić information content (AvgIpc) is 2.75. The van der Waals surface area contributed by atoms with E-state index in [4.69, 9.17) is 4.42 Å². The van der Waals surface area contributed by atoms with Crippen LogP contribution in [0.15, 0.2) is 22.8 Å². The number of hydrogen-bond donors (Lipinski definition) is 2. The maximum Gasteiger partial charge on any atom is 0.237 e. The van der Waals surface area contributed by atoms with E-state index >= 15 is 0 Å². The zero-order chi connectivity index (χ0) is 12.0. The third kappa shape index (κ3) is 4.49. The molecule has 0 aliphatic rings. The van der Waals surface area contributed by atoms with Crippen molar-refractivity contribution in [2.24, 2.45) is 5.92 Å². The molecule has 0 radical (unpaired) electrons. The van der Waals surface area contributed by atoms with Crippen molar-refractivity contribution in [3.05, 3.63) is 24.2 Å². The van der Waals surface area contributed by atoms with Crippen LogP contribution in [0.4, 0.5) is 0 Å². The summed E-state index contributed by atoms with van der Waals surface area (Å²) in [5.74, 6) is 1.31. The average molecular weight is 224 g/mol. The molecule has 1 unspecified atom stereocenters. The van der Waals surface area contributed by atoms with Crippen molar-refractivity contribution >= 4 is 5.91 Å². The van der Waals surface area contributed by atoms with Crippen molar-refractivity contribution in [1.82, 2.24) is 10.6 Å². The Morgan fingerprint density at radius 3 is 2.75 bits per heavy atom. The van der Waals surface area contributed by atoms with Gasteiger partial charge in [-0.3, -0.25) is 4.79 Å². The van der Waals surface area contributed by atoms with Crippen LogP contribution in [0.5, 0.6) is 0 Å². The highest BCUT2D eigenvalue weighted by molar-refractivity contribution is 5.81. The van der Waals surface area contributed by atoms with Crippen LogP contribution < -0.4 is 10.6 Å². The first kappa shape index (κ1) is 12.8. The molecule has 0 bridgehead atoms. The normalized spacial score (nSPS) is 12.8. The second-order valence-electron chi connectivity index (χ2n) is 4.32. The van der Waals surface area contributed by atoms with E-state index in [-0.39, 0.29) is 11.9 Å². The molecule has 90 valence electrons. The molecule has 0 aromatic carbocycles. The summed E-state index contributed by atoms with van der Waals surface area (Å²) in [7, 11) is 0. The minimum absolute atomic E-state index is 0.00273. The summed E-state index contributed by atoms with van der Waals surface area (Å²) in [4.78, 5) is 11.6. The molecule has 1 heterocycles. The van der Waals surface area contributed by atoms with Crippen LogP contribution >= 0.6 is 0 Å². The van der Waals surface area contributed by atoms with E-state index in [0.29, 0.717) is 12.5 Å². The van der Waals surface area contributed by atoms with E-state index in [0.717, 1.165) is 12.3 Å². The maximum atomic E-state index is 11.6. The molecule has 0 saturated heterocycles. The van der Waals surface area contributed by atoms with Crippen molar-refractivity contribution in [2.75, 3.05) is 6.54 Å². The molecule has 1 aromatic heterocycles. The number of nitrogens with one attached hydrogen (secondary N) is 2. The molecule has 1 aromatic rings. The highest BCUT2D eigenvalue weighted by atomic mass is 16.3. The molecule has 0 saturated carbocycles. The Labute approximate surface area is 96.4 Å². The van der Waals surface area contributed by atoms with Gasteiger partial charge >= 0.3 is 0 Å². The minimum Gasteiger partial charge on any atom is -0.467 e. The van der Waals surface area contributed by atoms with Gasteiger partial charge in [0.1, 0.15) is 5.76 Å². The first-order valence-electron chi connectivity index (χ1n) is 5.63.